The molecular weight excluding hydrogens is 544 g/mol. The molecule has 1 aliphatic carbocycles. The van der Waals surface area contributed by atoms with E-state index in [9.17, 15) is 4.79 Å². The normalized spacial score (nSPS) is 20.8. The third-order valence-electron chi connectivity index (χ3n) is 8.51. The minimum absolute atomic E-state index is 0.0872. The molecule has 1 saturated carbocycles. The van der Waals surface area contributed by atoms with Gasteiger partial charge in [-0.05, 0) is 62.2 Å². The first-order valence-corrected chi connectivity index (χ1v) is 15.1. The number of hydrogen-bond acceptors (Lipinski definition) is 8. The van der Waals surface area contributed by atoms with Crippen molar-refractivity contribution in [2.24, 2.45) is 5.41 Å². The maximum absolute atomic E-state index is 12.0. The lowest BCUT2D eigenvalue weighted by atomic mass is 9.78. The molecule has 1 aromatic heterocycles. The van der Waals surface area contributed by atoms with Crippen LogP contribution in [-0.4, -0.2) is 60.1 Å². The molecule has 1 amide bonds. The molecule has 1 spiro atoms. The zero-order chi connectivity index (χ0) is 30.2. The van der Waals surface area contributed by atoms with Crippen LogP contribution in [0.1, 0.15) is 64.3 Å². The van der Waals surface area contributed by atoms with Crippen molar-refractivity contribution < 1.29 is 23.7 Å². The molecule has 2 aliphatic heterocycles. The summed E-state index contributed by atoms with van der Waals surface area (Å²) in [4.78, 5) is 23.3. The van der Waals surface area contributed by atoms with Crippen LogP contribution in [0.25, 0.3) is 0 Å². The first-order chi connectivity index (χ1) is 20.5. The lowest BCUT2D eigenvalue weighted by Crippen LogP contribution is -2.66. The van der Waals surface area contributed by atoms with E-state index in [-0.39, 0.29) is 23.7 Å². The van der Waals surface area contributed by atoms with Crippen molar-refractivity contribution in [2.75, 3.05) is 31.2 Å². The van der Waals surface area contributed by atoms with Crippen molar-refractivity contribution in [2.45, 2.75) is 77.2 Å². The Labute approximate surface area is 253 Å². The van der Waals surface area contributed by atoms with Crippen LogP contribution >= 0.6 is 0 Å². The van der Waals surface area contributed by atoms with Gasteiger partial charge >= 0.3 is 6.09 Å². The standard InChI is InChI=1S/C34H42N4O5/c1-32(2,3)43-31(39)37-26-16-29(17-26)42-28-12-8-24(9-13-28)33(4,5)23-6-10-27(11-7-23)41-18-25-14-15-35-30(36-25)38-19-34(20-38)21-40-22-34/h6-15,26,29H,16-22H2,1-5H3,(H,37,39)/t26-,29+. The summed E-state index contributed by atoms with van der Waals surface area (Å²) in [5, 5.41) is 2.91. The number of carbonyl (C=O) groups excluding carboxylic acids is 1. The molecule has 2 aromatic carbocycles. The summed E-state index contributed by atoms with van der Waals surface area (Å²) in [6, 6.07) is 18.6. The van der Waals surface area contributed by atoms with Crippen molar-refractivity contribution in [1.82, 2.24) is 15.3 Å². The predicted molar refractivity (Wildman–Crippen MR) is 164 cm³/mol. The molecule has 9 heteroatoms. The summed E-state index contributed by atoms with van der Waals surface area (Å²) >= 11 is 0. The van der Waals surface area contributed by atoms with Gasteiger partial charge in [-0.25, -0.2) is 14.8 Å². The molecule has 9 nitrogen and oxygen atoms in total. The summed E-state index contributed by atoms with van der Waals surface area (Å²) in [5.41, 5.74) is 2.88. The highest BCUT2D eigenvalue weighted by Crippen LogP contribution is 2.39. The summed E-state index contributed by atoms with van der Waals surface area (Å²) in [7, 11) is 0. The van der Waals surface area contributed by atoms with Gasteiger partial charge in [0.1, 0.15) is 29.8 Å². The Bertz CT molecular complexity index is 1420. The van der Waals surface area contributed by atoms with Gasteiger partial charge < -0.3 is 29.2 Å². The number of nitrogens with zero attached hydrogens (tertiary/aromatic N) is 3. The Morgan fingerprint density at radius 3 is 2.16 bits per heavy atom. The van der Waals surface area contributed by atoms with E-state index in [1.54, 1.807) is 6.20 Å². The smallest absolute Gasteiger partial charge is 0.407 e. The van der Waals surface area contributed by atoms with Crippen LogP contribution in [0.3, 0.4) is 0 Å². The lowest BCUT2D eigenvalue weighted by Gasteiger charge is -2.54. The largest absolute Gasteiger partial charge is 0.490 e. The number of carbonyl (C=O) groups is 1. The Morgan fingerprint density at radius 1 is 0.953 bits per heavy atom. The quantitative estimate of drug-likeness (QED) is 0.344. The third-order valence-corrected chi connectivity index (χ3v) is 8.51. The Balaban J connectivity index is 0.977. The van der Waals surface area contributed by atoms with E-state index in [0.717, 1.165) is 62.3 Å². The highest BCUT2D eigenvalue weighted by Gasteiger charge is 2.49. The minimum atomic E-state index is -0.498. The lowest BCUT2D eigenvalue weighted by molar-refractivity contribution is -0.127. The fraction of sp³-hybridized carbons (Fsp3) is 0.500. The fourth-order valence-electron chi connectivity index (χ4n) is 5.78. The van der Waals surface area contributed by atoms with Gasteiger partial charge in [-0.15, -0.1) is 0 Å². The maximum atomic E-state index is 12.0. The molecular formula is C34H42N4O5. The molecule has 228 valence electrons. The maximum Gasteiger partial charge on any atom is 0.407 e. The number of aromatic nitrogens is 2. The first kappa shape index (κ1) is 29.2. The number of nitrogens with one attached hydrogen (secondary N) is 1. The highest BCUT2D eigenvalue weighted by molar-refractivity contribution is 5.68. The molecule has 0 bridgehead atoms. The third kappa shape index (κ3) is 6.72. The SMILES string of the molecule is CC(C)(C)OC(=O)N[C@H]1C[C@@H](Oc2ccc(C(C)(C)c3ccc(OCc4ccnc(N5CC6(COC6)C5)n4)cc3)cc2)C1. The number of rotatable bonds is 9. The molecule has 2 saturated heterocycles. The second kappa shape index (κ2) is 11.3. The van der Waals surface area contributed by atoms with Crippen molar-refractivity contribution in [1.29, 1.82) is 0 Å². The van der Waals surface area contributed by atoms with Crippen LogP contribution < -0.4 is 19.7 Å². The van der Waals surface area contributed by atoms with Gasteiger partial charge in [0.2, 0.25) is 5.95 Å². The number of alkyl carbamates (subject to hydrolysis) is 1. The van der Waals surface area contributed by atoms with Gasteiger partial charge in [0, 0.05) is 43.6 Å². The molecule has 0 atom stereocenters. The predicted octanol–water partition coefficient (Wildman–Crippen LogP) is 5.65. The number of anilines is 1. The van der Waals surface area contributed by atoms with Crippen LogP contribution in [0.15, 0.2) is 60.8 Å². The topological polar surface area (TPSA) is 95.0 Å². The minimum Gasteiger partial charge on any atom is -0.490 e. The van der Waals surface area contributed by atoms with E-state index in [1.165, 1.54) is 11.1 Å². The molecule has 43 heavy (non-hydrogen) atoms. The van der Waals surface area contributed by atoms with Crippen LogP contribution in [0.4, 0.5) is 10.7 Å². The first-order valence-electron chi connectivity index (χ1n) is 15.1. The summed E-state index contributed by atoms with van der Waals surface area (Å²) < 4.78 is 22.9. The number of hydrogen-bond donors (Lipinski definition) is 1. The van der Waals surface area contributed by atoms with Crippen LogP contribution in [0, 0.1) is 5.41 Å². The molecule has 3 aliphatic rings. The molecule has 3 aromatic rings. The van der Waals surface area contributed by atoms with E-state index < -0.39 is 5.60 Å². The van der Waals surface area contributed by atoms with E-state index in [2.05, 4.69) is 53.3 Å². The van der Waals surface area contributed by atoms with Crippen molar-refractivity contribution in [3.8, 4) is 11.5 Å². The van der Waals surface area contributed by atoms with Crippen molar-refractivity contribution in [3.63, 3.8) is 0 Å². The van der Waals surface area contributed by atoms with E-state index >= 15 is 0 Å². The van der Waals surface area contributed by atoms with Crippen molar-refractivity contribution >= 4 is 12.0 Å². The Hall–Kier alpha value is -3.85. The molecule has 0 unspecified atom stereocenters. The van der Waals surface area contributed by atoms with Crippen LogP contribution in [0.2, 0.25) is 0 Å². The van der Waals surface area contributed by atoms with Crippen molar-refractivity contribution in [3.05, 3.63) is 77.6 Å². The molecule has 0 radical (unpaired) electrons. The van der Waals surface area contributed by atoms with Gasteiger partial charge in [-0.2, -0.15) is 0 Å². The van der Waals surface area contributed by atoms with E-state index in [1.807, 2.05) is 51.1 Å². The Kier molecular flexibility index (Phi) is 7.71. The zero-order valence-electron chi connectivity index (χ0n) is 25.8. The van der Waals surface area contributed by atoms with Gasteiger partial charge in [0.25, 0.3) is 0 Å². The number of amides is 1. The molecule has 1 N–H and O–H groups in total. The number of ether oxygens (including phenoxy) is 4. The highest BCUT2D eigenvalue weighted by atomic mass is 16.6. The molecule has 3 fully saturated rings. The van der Waals surface area contributed by atoms with Gasteiger partial charge in [0.15, 0.2) is 0 Å². The molecule has 6 rings (SSSR count). The average molecular weight is 587 g/mol. The summed E-state index contributed by atoms with van der Waals surface area (Å²) in [5.74, 6) is 2.40. The van der Waals surface area contributed by atoms with Gasteiger partial charge in [-0.1, -0.05) is 38.1 Å². The fourth-order valence-corrected chi connectivity index (χ4v) is 5.78. The summed E-state index contributed by atoms with van der Waals surface area (Å²) in [6.45, 7) is 14.0. The monoisotopic (exact) mass is 586 g/mol. The summed E-state index contributed by atoms with van der Waals surface area (Å²) in [6.07, 6.45) is 3.06. The second-order valence-electron chi connectivity index (χ2n) is 13.7. The average Bonchev–Trinajstić information content (AvgIpc) is 2.89. The number of benzene rings is 2. The second-order valence-corrected chi connectivity index (χ2v) is 13.7. The van der Waals surface area contributed by atoms with Gasteiger partial charge in [-0.3, -0.25) is 0 Å². The molecule has 3 heterocycles. The Morgan fingerprint density at radius 2 is 1.58 bits per heavy atom. The van der Waals surface area contributed by atoms with Crippen LogP contribution in [-0.2, 0) is 21.5 Å². The zero-order valence-corrected chi connectivity index (χ0v) is 25.8. The van der Waals surface area contributed by atoms with Crippen LogP contribution in [0.5, 0.6) is 11.5 Å². The van der Waals surface area contributed by atoms with E-state index in [0.29, 0.717) is 12.0 Å². The van der Waals surface area contributed by atoms with Gasteiger partial charge in [0.05, 0.1) is 24.3 Å². The van der Waals surface area contributed by atoms with E-state index in [4.69, 9.17) is 23.9 Å².